The summed E-state index contributed by atoms with van der Waals surface area (Å²) in [5.74, 6) is 0.940. The molecule has 0 atom stereocenters. The minimum Gasteiger partial charge on any atom is -0.497 e. The van der Waals surface area contributed by atoms with E-state index in [4.69, 9.17) is 14.6 Å². The summed E-state index contributed by atoms with van der Waals surface area (Å²) < 4.78 is 10.5. The van der Waals surface area contributed by atoms with Crippen molar-refractivity contribution in [3.05, 3.63) is 23.8 Å². The van der Waals surface area contributed by atoms with Gasteiger partial charge in [-0.3, -0.25) is 4.79 Å². The first kappa shape index (κ1) is 16.3. The number of hydrogen-bond acceptors (Lipinski definition) is 3. The second-order valence-corrected chi connectivity index (χ2v) is 4.88. The maximum atomic E-state index is 10.4. The Morgan fingerprint density at radius 3 is 2.05 bits per heavy atom. The molecule has 4 nitrogen and oxygen atoms in total. The highest BCUT2D eigenvalue weighted by Crippen LogP contribution is 2.23. The van der Waals surface area contributed by atoms with Crippen LogP contribution in [0.1, 0.15) is 44.1 Å². The largest absolute Gasteiger partial charge is 0.497 e. The maximum absolute atomic E-state index is 10.4. The maximum Gasteiger partial charge on any atom is 0.303 e. The van der Waals surface area contributed by atoms with Gasteiger partial charge in [-0.25, -0.2) is 0 Å². The van der Waals surface area contributed by atoms with Gasteiger partial charge in [-0.1, -0.05) is 19.3 Å². The molecule has 0 saturated carbocycles. The zero-order chi connectivity index (χ0) is 14.8. The number of unbranched alkanes of at least 4 members (excludes halogenated alkanes) is 4. The summed E-state index contributed by atoms with van der Waals surface area (Å²) in [7, 11) is 3.31. The van der Waals surface area contributed by atoms with Crippen LogP contribution in [0.2, 0.25) is 0 Å². The molecule has 0 unspecified atom stereocenters. The molecule has 0 fully saturated rings. The summed E-state index contributed by atoms with van der Waals surface area (Å²) in [6.07, 6.45) is 6.37. The van der Waals surface area contributed by atoms with E-state index in [9.17, 15) is 4.79 Å². The van der Waals surface area contributed by atoms with Crippen molar-refractivity contribution < 1.29 is 19.4 Å². The number of aliphatic carboxylic acids is 1. The van der Waals surface area contributed by atoms with Crippen molar-refractivity contribution in [2.75, 3.05) is 14.2 Å². The molecule has 4 heteroatoms. The van der Waals surface area contributed by atoms with Crippen molar-refractivity contribution in [1.29, 1.82) is 0 Å². The van der Waals surface area contributed by atoms with Crippen LogP contribution in [0.5, 0.6) is 11.5 Å². The number of hydrogen-bond donors (Lipinski definition) is 1. The lowest BCUT2D eigenvalue weighted by Gasteiger charge is -2.08. The van der Waals surface area contributed by atoms with Crippen molar-refractivity contribution in [3.8, 4) is 11.5 Å². The summed E-state index contributed by atoms with van der Waals surface area (Å²) in [6, 6.07) is 5.94. The molecule has 0 aliphatic carbocycles. The van der Waals surface area contributed by atoms with E-state index in [1.807, 2.05) is 18.2 Å². The lowest BCUT2D eigenvalue weighted by atomic mass is 10.0. The molecule has 0 amide bonds. The van der Waals surface area contributed by atoms with Crippen LogP contribution in [0.4, 0.5) is 0 Å². The molecule has 1 aromatic rings. The monoisotopic (exact) mass is 280 g/mol. The third-order valence-corrected chi connectivity index (χ3v) is 3.27. The van der Waals surface area contributed by atoms with Gasteiger partial charge < -0.3 is 14.6 Å². The number of ether oxygens (including phenoxy) is 2. The summed E-state index contributed by atoms with van der Waals surface area (Å²) in [4.78, 5) is 10.4. The molecule has 20 heavy (non-hydrogen) atoms. The van der Waals surface area contributed by atoms with E-state index in [1.165, 1.54) is 5.56 Å². The van der Waals surface area contributed by atoms with Gasteiger partial charge in [0.05, 0.1) is 14.2 Å². The smallest absolute Gasteiger partial charge is 0.303 e. The van der Waals surface area contributed by atoms with Crippen LogP contribution in [0.25, 0.3) is 0 Å². The molecule has 1 rings (SSSR count). The number of benzene rings is 1. The van der Waals surface area contributed by atoms with E-state index in [0.717, 1.165) is 50.0 Å². The number of rotatable bonds is 10. The highest BCUT2D eigenvalue weighted by molar-refractivity contribution is 5.66. The van der Waals surface area contributed by atoms with Crippen molar-refractivity contribution in [2.24, 2.45) is 0 Å². The Labute approximate surface area is 120 Å². The second-order valence-electron chi connectivity index (χ2n) is 4.88. The van der Waals surface area contributed by atoms with E-state index in [0.29, 0.717) is 0 Å². The third kappa shape index (κ3) is 6.45. The number of carboxylic acid groups (broad SMARTS) is 1. The zero-order valence-corrected chi connectivity index (χ0v) is 12.4. The Morgan fingerprint density at radius 1 is 0.950 bits per heavy atom. The first-order valence-corrected chi connectivity index (χ1v) is 7.09. The Bertz CT molecular complexity index is 393. The molecule has 1 N–H and O–H groups in total. The summed E-state index contributed by atoms with van der Waals surface area (Å²) in [5.41, 5.74) is 1.21. The molecule has 0 aliphatic heterocycles. The van der Waals surface area contributed by atoms with Gasteiger partial charge >= 0.3 is 5.97 Å². The van der Waals surface area contributed by atoms with Crippen molar-refractivity contribution in [3.63, 3.8) is 0 Å². The topological polar surface area (TPSA) is 55.8 Å². The second kappa shape index (κ2) is 9.23. The normalized spacial score (nSPS) is 10.3. The fraction of sp³-hybridized carbons (Fsp3) is 0.562. The van der Waals surface area contributed by atoms with Crippen LogP contribution in [-0.2, 0) is 11.2 Å². The van der Waals surface area contributed by atoms with Crippen LogP contribution in [0, 0.1) is 0 Å². The molecule has 1 aromatic carbocycles. The predicted octanol–water partition coefficient (Wildman–Crippen LogP) is 3.67. The highest BCUT2D eigenvalue weighted by atomic mass is 16.5. The average molecular weight is 280 g/mol. The van der Waals surface area contributed by atoms with Gasteiger partial charge in [0.25, 0.3) is 0 Å². The van der Waals surface area contributed by atoms with Crippen molar-refractivity contribution >= 4 is 5.97 Å². The number of carbonyl (C=O) groups is 1. The fourth-order valence-corrected chi connectivity index (χ4v) is 2.15. The Hall–Kier alpha value is -1.71. The van der Waals surface area contributed by atoms with Crippen molar-refractivity contribution in [2.45, 2.75) is 44.9 Å². The summed E-state index contributed by atoms with van der Waals surface area (Å²) in [6.45, 7) is 0. The Morgan fingerprint density at radius 2 is 1.50 bits per heavy atom. The molecule has 0 aliphatic rings. The van der Waals surface area contributed by atoms with Gasteiger partial charge in [0.15, 0.2) is 0 Å². The van der Waals surface area contributed by atoms with Crippen LogP contribution >= 0.6 is 0 Å². The van der Waals surface area contributed by atoms with Crippen LogP contribution in [0.15, 0.2) is 18.2 Å². The first-order chi connectivity index (χ1) is 9.65. The molecule has 0 heterocycles. The molecule has 0 saturated heterocycles. The third-order valence-electron chi connectivity index (χ3n) is 3.27. The Kier molecular flexibility index (Phi) is 7.55. The van der Waals surface area contributed by atoms with Crippen LogP contribution in [0.3, 0.4) is 0 Å². The Balaban J connectivity index is 2.26. The van der Waals surface area contributed by atoms with Gasteiger partial charge in [-0.05, 0) is 37.0 Å². The van der Waals surface area contributed by atoms with E-state index in [-0.39, 0.29) is 6.42 Å². The SMILES string of the molecule is COc1cc(CCCCCCCC(=O)O)cc(OC)c1. The van der Waals surface area contributed by atoms with E-state index < -0.39 is 5.97 Å². The minimum absolute atomic E-state index is 0.285. The van der Waals surface area contributed by atoms with Gasteiger partial charge in [-0.15, -0.1) is 0 Å². The van der Waals surface area contributed by atoms with Crippen LogP contribution < -0.4 is 9.47 Å². The lowest BCUT2D eigenvalue weighted by molar-refractivity contribution is -0.137. The quantitative estimate of drug-likeness (QED) is 0.664. The van der Waals surface area contributed by atoms with Gasteiger partial charge in [0, 0.05) is 12.5 Å². The molecule has 0 spiro atoms. The minimum atomic E-state index is -0.700. The molecule has 0 aromatic heterocycles. The fourth-order valence-electron chi connectivity index (χ4n) is 2.15. The summed E-state index contributed by atoms with van der Waals surface area (Å²) >= 11 is 0. The molecule has 0 radical (unpaired) electrons. The number of methoxy groups -OCH3 is 2. The molecular weight excluding hydrogens is 256 g/mol. The van der Waals surface area contributed by atoms with E-state index in [1.54, 1.807) is 14.2 Å². The zero-order valence-electron chi connectivity index (χ0n) is 12.4. The molecule has 112 valence electrons. The van der Waals surface area contributed by atoms with Crippen LogP contribution in [-0.4, -0.2) is 25.3 Å². The van der Waals surface area contributed by atoms with E-state index in [2.05, 4.69) is 0 Å². The first-order valence-electron chi connectivity index (χ1n) is 7.09. The van der Waals surface area contributed by atoms with Gasteiger partial charge in [0.1, 0.15) is 11.5 Å². The van der Waals surface area contributed by atoms with Gasteiger partial charge in [0.2, 0.25) is 0 Å². The molecule has 0 bridgehead atoms. The number of carboxylic acids is 1. The summed E-state index contributed by atoms with van der Waals surface area (Å²) in [5, 5.41) is 8.54. The lowest BCUT2D eigenvalue weighted by Crippen LogP contribution is -1.94. The number of aryl methyl sites for hydroxylation is 1. The van der Waals surface area contributed by atoms with Gasteiger partial charge in [-0.2, -0.15) is 0 Å². The predicted molar refractivity (Wildman–Crippen MR) is 78.6 cm³/mol. The molecular formula is C16H24O4. The highest BCUT2D eigenvalue weighted by Gasteiger charge is 2.02. The standard InChI is InChI=1S/C16H24O4/c1-19-14-10-13(11-15(12-14)20-2)8-6-4-3-5-7-9-16(17)18/h10-12H,3-9H2,1-2H3,(H,17,18). The average Bonchev–Trinajstić information content (AvgIpc) is 2.45. The van der Waals surface area contributed by atoms with Crippen molar-refractivity contribution in [1.82, 2.24) is 0 Å². The van der Waals surface area contributed by atoms with E-state index >= 15 is 0 Å².